The molecular formula is C9H15ClN4O2S2. The Morgan fingerprint density at radius 1 is 1.22 bits per heavy atom. The molecule has 0 atom stereocenters. The minimum Gasteiger partial charge on any atom is -0.486 e. The van der Waals surface area contributed by atoms with E-state index >= 15 is 0 Å². The number of nitrogens with two attached hydrogens (primary N) is 2. The van der Waals surface area contributed by atoms with E-state index < -0.39 is 0 Å². The summed E-state index contributed by atoms with van der Waals surface area (Å²) < 4.78 is 4.39. The van der Waals surface area contributed by atoms with Crippen LogP contribution in [0.2, 0.25) is 5.02 Å². The van der Waals surface area contributed by atoms with Crippen LogP contribution in [0.15, 0.2) is 30.3 Å². The maximum absolute atomic E-state index is 7.86. The molecule has 0 fully saturated rings. The number of hydrazine groups is 2. The molecule has 6 nitrogen and oxygen atoms in total. The lowest BCUT2D eigenvalue weighted by atomic mass is 10.4. The molecule has 0 saturated carbocycles. The number of benzene rings is 1. The van der Waals surface area contributed by atoms with E-state index in [-0.39, 0.29) is 10.3 Å². The highest BCUT2D eigenvalue weighted by Crippen LogP contribution is 2.03. The van der Waals surface area contributed by atoms with Crippen molar-refractivity contribution in [1.29, 1.82) is 0 Å². The SMILES string of the molecule is COC(=S)NN.Clc1ccccc1.NNC(O)=S. The highest BCUT2D eigenvalue weighted by Gasteiger charge is 1.79. The second kappa shape index (κ2) is 13.9. The Hall–Kier alpha value is -1.19. The normalized spacial score (nSPS) is 7.56. The third-order valence-corrected chi connectivity index (χ3v) is 1.81. The third-order valence-electron chi connectivity index (χ3n) is 1.16. The van der Waals surface area contributed by atoms with Crippen molar-refractivity contribution in [3.63, 3.8) is 0 Å². The van der Waals surface area contributed by atoms with Gasteiger partial charge >= 0.3 is 0 Å². The van der Waals surface area contributed by atoms with Crippen LogP contribution in [-0.2, 0) is 4.74 Å². The van der Waals surface area contributed by atoms with Gasteiger partial charge in [0.15, 0.2) is 0 Å². The predicted molar refractivity (Wildman–Crippen MR) is 80.9 cm³/mol. The summed E-state index contributed by atoms with van der Waals surface area (Å²) in [5, 5.41) is 8.47. The van der Waals surface area contributed by atoms with Crippen LogP contribution >= 0.6 is 36.0 Å². The molecule has 0 heterocycles. The topological polar surface area (TPSA) is 106 Å². The van der Waals surface area contributed by atoms with Gasteiger partial charge in [-0.1, -0.05) is 29.8 Å². The van der Waals surface area contributed by atoms with Crippen LogP contribution in [0, 0.1) is 0 Å². The monoisotopic (exact) mass is 310 g/mol. The molecule has 7 N–H and O–H groups in total. The van der Waals surface area contributed by atoms with Crippen molar-refractivity contribution in [3.8, 4) is 0 Å². The summed E-state index contributed by atoms with van der Waals surface area (Å²) in [4.78, 5) is 0. The summed E-state index contributed by atoms with van der Waals surface area (Å²) in [5.74, 6) is 9.30. The smallest absolute Gasteiger partial charge is 0.270 e. The standard InChI is InChI=1S/C6H5Cl.C2H6N2OS.CH4N2OS/c7-6-4-2-1-3-5-6;1-5-2(6)4-3;2-3-1(4)5/h1-5H;3H2,1H3,(H,4,6);2H2,(H2,3,4,5). The van der Waals surface area contributed by atoms with Crippen LogP contribution in [0.5, 0.6) is 0 Å². The van der Waals surface area contributed by atoms with Crippen LogP contribution in [0.3, 0.4) is 0 Å². The first-order valence-electron chi connectivity index (χ1n) is 4.42. The van der Waals surface area contributed by atoms with E-state index in [4.69, 9.17) is 22.6 Å². The first-order valence-corrected chi connectivity index (χ1v) is 5.62. The number of hydrogen-bond acceptors (Lipinski definition) is 5. The fourth-order valence-corrected chi connectivity index (χ4v) is 0.619. The molecule has 0 aliphatic heterocycles. The maximum Gasteiger partial charge on any atom is 0.270 e. The molecule has 1 aromatic rings. The molecule has 1 aromatic carbocycles. The zero-order valence-corrected chi connectivity index (χ0v) is 12.0. The lowest BCUT2D eigenvalue weighted by molar-refractivity contribution is 0.394. The minimum absolute atomic E-state index is 0.204. The van der Waals surface area contributed by atoms with Crippen LogP contribution in [-0.4, -0.2) is 22.6 Å². The van der Waals surface area contributed by atoms with E-state index in [2.05, 4.69) is 40.4 Å². The number of nitrogens with one attached hydrogen (secondary N) is 2. The highest BCUT2D eigenvalue weighted by molar-refractivity contribution is 7.80. The Labute approximate surface area is 121 Å². The lowest BCUT2D eigenvalue weighted by Crippen LogP contribution is -2.29. The molecule has 0 bridgehead atoms. The van der Waals surface area contributed by atoms with Gasteiger partial charge in [-0.15, -0.1) is 0 Å². The second-order valence-corrected chi connectivity index (χ2v) is 3.57. The molecule has 9 heteroatoms. The van der Waals surface area contributed by atoms with E-state index in [1.807, 2.05) is 35.8 Å². The fraction of sp³-hybridized carbons (Fsp3) is 0.111. The molecule has 0 aromatic heterocycles. The molecule has 18 heavy (non-hydrogen) atoms. The van der Waals surface area contributed by atoms with Gasteiger partial charge in [-0.25, -0.2) is 11.7 Å². The first kappa shape index (κ1) is 19.2. The summed E-state index contributed by atoms with van der Waals surface area (Å²) in [6, 6.07) is 9.44. The van der Waals surface area contributed by atoms with Gasteiger partial charge in [0.05, 0.1) is 7.11 Å². The Bertz CT molecular complexity index is 335. The van der Waals surface area contributed by atoms with E-state index in [1.165, 1.54) is 7.11 Å². The molecule has 1 rings (SSSR count). The van der Waals surface area contributed by atoms with E-state index in [1.54, 1.807) is 0 Å². The number of rotatable bonds is 0. The van der Waals surface area contributed by atoms with Gasteiger partial charge < -0.3 is 9.84 Å². The zero-order valence-electron chi connectivity index (χ0n) is 9.59. The largest absolute Gasteiger partial charge is 0.486 e. The predicted octanol–water partition coefficient (Wildman–Crippen LogP) is 1.01. The number of thiocarbonyl (C=S) groups is 2. The van der Waals surface area contributed by atoms with Gasteiger partial charge in [-0.3, -0.25) is 10.9 Å². The molecule has 0 aliphatic carbocycles. The molecule has 0 amide bonds. The first-order chi connectivity index (χ1) is 8.47. The number of hydrogen-bond donors (Lipinski definition) is 5. The number of aliphatic hydroxyl groups excluding tert-OH is 1. The molecule has 0 aliphatic rings. The van der Waals surface area contributed by atoms with Gasteiger partial charge in [0.25, 0.3) is 10.3 Å². The summed E-state index contributed by atoms with van der Waals surface area (Å²) in [6.07, 6.45) is 0. The van der Waals surface area contributed by atoms with Crippen molar-refractivity contribution in [1.82, 2.24) is 10.9 Å². The summed E-state index contributed by atoms with van der Waals surface area (Å²) in [6.45, 7) is 0. The average molecular weight is 311 g/mol. The third kappa shape index (κ3) is 17.2. The Balaban J connectivity index is 0. The summed E-state index contributed by atoms with van der Waals surface area (Å²) >= 11 is 14.0. The van der Waals surface area contributed by atoms with Crippen LogP contribution in [0.4, 0.5) is 0 Å². The quantitative estimate of drug-likeness (QED) is 0.275. The molecule has 0 unspecified atom stereocenters. The van der Waals surface area contributed by atoms with Crippen LogP contribution in [0.25, 0.3) is 0 Å². The zero-order chi connectivity index (χ0) is 14.4. The minimum atomic E-state index is -0.384. The van der Waals surface area contributed by atoms with Gasteiger partial charge in [-0.2, -0.15) is 0 Å². The van der Waals surface area contributed by atoms with E-state index in [9.17, 15) is 0 Å². The Kier molecular flexibility index (Phi) is 14.8. The summed E-state index contributed by atoms with van der Waals surface area (Å²) in [7, 11) is 1.45. The van der Waals surface area contributed by atoms with E-state index in [0.29, 0.717) is 0 Å². The molecular weight excluding hydrogens is 296 g/mol. The Morgan fingerprint density at radius 2 is 1.67 bits per heavy atom. The second-order valence-electron chi connectivity index (χ2n) is 2.38. The van der Waals surface area contributed by atoms with Gasteiger partial charge in [0.2, 0.25) is 0 Å². The molecule has 0 spiro atoms. The molecule has 0 radical (unpaired) electrons. The fourth-order valence-electron chi connectivity index (χ4n) is 0.474. The number of halogens is 1. The molecule has 102 valence electrons. The highest BCUT2D eigenvalue weighted by atomic mass is 35.5. The number of ether oxygens (including phenoxy) is 1. The number of methoxy groups -OCH3 is 1. The van der Waals surface area contributed by atoms with Crippen molar-refractivity contribution in [2.75, 3.05) is 7.11 Å². The Morgan fingerprint density at radius 3 is 1.78 bits per heavy atom. The van der Waals surface area contributed by atoms with Crippen molar-refractivity contribution in [2.24, 2.45) is 11.7 Å². The van der Waals surface area contributed by atoms with Gasteiger partial charge in [-0.05, 0) is 36.6 Å². The van der Waals surface area contributed by atoms with Gasteiger partial charge in [0.1, 0.15) is 0 Å². The van der Waals surface area contributed by atoms with Crippen LogP contribution < -0.4 is 22.5 Å². The average Bonchev–Trinajstić information content (AvgIpc) is 2.40. The molecule has 0 saturated heterocycles. The summed E-state index contributed by atoms with van der Waals surface area (Å²) in [5.41, 5.74) is 3.94. The van der Waals surface area contributed by atoms with Crippen molar-refractivity contribution >= 4 is 46.4 Å². The van der Waals surface area contributed by atoms with Crippen molar-refractivity contribution < 1.29 is 9.84 Å². The maximum atomic E-state index is 7.86. The van der Waals surface area contributed by atoms with E-state index in [0.717, 1.165) is 5.02 Å². The lowest BCUT2D eigenvalue weighted by Gasteiger charge is -1.94. The number of aliphatic hydroxyl groups is 1. The van der Waals surface area contributed by atoms with Crippen LogP contribution in [0.1, 0.15) is 0 Å². The van der Waals surface area contributed by atoms with Gasteiger partial charge in [0, 0.05) is 5.02 Å². The van der Waals surface area contributed by atoms with Crippen molar-refractivity contribution in [3.05, 3.63) is 35.4 Å². The van der Waals surface area contributed by atoms with Crippen molar-refractivity contribution in [2.45, 2.75) is 0 Å².